The first-order valence-electron chi connectivity index (χ1n) is 9.47. The summed E-state index contributed by atoms with van der Waals surface area (Å²) < 4.78 is 6.48. The number of aromatic nitrogens is 1. The molecule has 1 unspecified atom stereocenters. The number of hydrogen-bond acceptors (Lipinski definition) is 3. The second-order valence-corrected chi connectivity index (χ2v) is 7.42. The van der Waals surface area contributed by atoms with Gasteiger partial charge in [-0.25, -0.2) is 4.85 Å². The van der Waals surface area contributed by atoms with Crippen LogP contribution in [0, 0.1) is 6.57 Å². The van der Waals surface area contributed by atoms with Crippen LogP contribution in [0.5, 0.6) is 5.75 Å². The second-order valence-electron chi connectivity index (χ2n) is 7.42. The smallest absolute Gasteiger partial charge is 0.187 e. The largest absolute Gasteiger partial charge is 0.481 e. The van der Waals surface area contributed by atoms with Crippen LogP contribution >= 0.6 is 0 Å². The quantitative estimate of drug-likeness (QED) is 0.534. The third-order valence-corrected chi connectivity index (χ3v) is 5.72. The molecule has 4 nitrogen and oxygen atoms in total. The van der Waals surface area contributed by atoms with Crippen molar-refractivity contribution in [2.45, 2.75) is 31.3 Å². The normalized spacial score (nSPS) is 20.0. The summed E-state index contributed by atoms with van der Waals surface area (Å²) in [5.41, 5.74) is 4.54. The van der Waals surface area contributed by atoms with E-state index in [4.69, 9.17) is 11.3 Å². The first-order valence-corrected chi connectivity index (χ1v) is 9.47. The number of carbonyl (C=O) groups is 1. The number of Topliss-reactive ketones (excluding diaryl/α,β-unsaturated/α-hetero) is 1. The summed E-state index contributed by atoms with van der Waals surface area (Å²) >= 11 is 0. The van der Waals surface area contributed by atoms with Crippen LogP contribution in [0.3, 0.4) is 0 Å². The molecule has 3 aromatic rings. The van der Waals surface area contributed by atoms with Crippen molar-refractivity contribution in [3.8, 4) is 16.9 Å². The van der Waals surface area contributed by atoms with Gasteiger partial charge in [-0.1, -0.05) is 30.3 Å². The summed E-state index contributed by atoms with van der Waals surface area (Å²) in [6, 6.07) is 17.1. The first-order chi connectivity index (χ1) is 13.7. The van der Waals surface area contributed by atoms with Crippen LogP contribution in [0.4, 0.5) is 5.69 Å². The van der Waals surface area contributed by atoms with Crippen LogP contribution in [-0.2, 0) is 12.0 Å². The minimum absolute atomic E-state index is 0.0983. The van der Waals surface area contributed by atoms with E-state index in [0.717, 1.165) is 41.6 Å². The van der Waals surface area contributed by atoms with Crippen LogP contribution < -0.4 is 4.74 Å². The second kappa shape index (κ2) is 6.31. The molecule has 0 radical (unpaired) electrons. The van der Waals surface area contributed by atoms with E-state index in [1.807, 2.05) is 48.5 Å². The molecule has 1 aromatic heterocycles. The van der Waals surface area contributed by atoms with Crippen molar-refractivity contribution in [3.63, 3.8) is 0 Å². The molecular weight excluding hydrogens is 348 g/mol. The Bertz CT molecular complexity index is 1150. The number of fused-ring (bicyclic) bond motifs is 3. The van der Waals surface area contributed by atoms with E-state index in [9.17, 15) is 4.79 Å². The van der Waals surface area contributed by atoms with Crippen LogP contribution in [0.25, 0.3) is 16.0 Å². The third-order valence-electron chi connectivity index (χ3n) is 5.72. The molecule has 1 aliphatic carbocycles. The number of ketones is 1. The molecule has 136 valence electrons. The number of carbonyl (C=O) groups excluding carboxylic acids is 1. The summed E-state index contributed by atoms with van der Waals surface area (Å²) in [5.74, 6) is 0.735. The maximum atomic E-state index is 13.1. The molecule has 0 N–H and O–H groups in total. The Morgan fingerprint density at radius 2 is 1.96 bits per heavy atom. The molecule has 5 rings (SSSR count). The van der Waals surface area contributed by atoms with Gasteiger partial charge in [0.1, 0.15) is 11.4 Å². The van der Waals surface area contributed by atoms with E-state index in [0.29, 0.717) is 23.4 Å². The fourth-order valence-electron chi connectivity index (χ4n) is 4.39. The Morgan fingerprint density at radius 3 is 2.86 bits per heavy atom. The van der Waals surface area contributed by atoms with E-state index in [1.165, 1.54) is 0 Å². The van der Waals surface area contributed by atoms with E-state index in [1.54, 1.807) is 12.3 Å². The van der Waals surface area contributed by atoms with E-state index in [-0.39, 0.29) is 5.78 Å². The molecule has 0 saturated carbocycles. The lowest BCUT2D eigenvalue weighted by Gasteiger charge is -2.41. The van der Waals surface area contributed by atoms with Crippen molar-refractivity contribution in [3.05, 3.63) is 89.0 Å². The van der Waals surface area contributed by atoms with Crippen LogP contribution in [0.15, 0.2) is 60.8 Å². The van der Waals surface area contributed by atoms with Crippen molar-refractivity contribution in [2.75, 3.05) is 0 Å². The zero-order valence-corrected chi connectivity index (χ0v) is 15.3. The number of ether oxygens (including phenoxy) is 1. The molecule has 2 heterocycles. The topological polar surface area (TPSA) is 43.5 Å². The lowest BCUT2D eigenvalue weighted by Crippen LogP contribution is -2.42. The van der Waals surface area contributed by atoms with Gasteiger partial charge in [-0.05, 0) is 54.7 Å². The molecule has 0 fully saturated rings. The highest BCUT2D eigenvalue weighted by atomic mass is 16.5. The van der Waals surface area contributed by atoms with Crippen LogP contribution in [0.2, 0.25) is 0 Å². The lowest BCUT2D eigenvalue weighted by atomic mass is 9.75. The number of benzene rings is 2. The highest BCUT2D eigenvalue weighted by Gasteiger charge is 2.45. The van der Waals surface area contributed by atoms with Gasteiger partial charge < -0.3 is 4.74 Å². The van der Waals surface area contributed by atoms with Crippen molar-refractivity contribution in [2.24, 2.45) is 0 Å². The lowest BCUT2D eigenvalue weighted by molar-refractivity contribution is 0.0247. The predicted octanol–water partition coefficient (Wildman–Crippen LogP) is 5.50. The van der Waals surface area contributed by atoms with Gasteiger partial charge in [0.25, 0.3) is 0 Å². The number of rotatable bonds is 1. The van der Waals surface area contributed by atoms with Gasteiger partial charge in [-0.15, -0.1) is 0 Å². The Morgan fingerprint density at radius 1 is 1.07 bits per heavy atom. The highest BCUT2D eigenvalue weighted by Crippen LogP contribution is 2.46. The fourth-order valence-corrected chi connectivity index (χ4v) is 4.39. The number of hydrogen-bond donors (Lipinski definition) is 0. The van der Waals surface area contributed by atoms with Crippen LogP contribution in [0.1, 0.15) is 40.9 Å². The van der Waals surface area contributed by atoms with Gasteiger partial charge in [0.15, 0.2) is 11.5 Å². The van der Waals surface area contributed by atoms with Crippen molar-refractivity contribution < 1.29 is 9.53 Å². The number of nitrogens with zero attached hydrogens (tertiary/aromatic N) is 2. The summed E-state index contributed by atoms with van der Waals surface area (Å²) in [4.78, 5) is 21.1. The van der Waals surface area contributed by atoms with Crippen molar-refractivity contribution >= 4 is 11.5 Å². The van der Waals surface area contributed by atoms with Crippen molar-refractivity contribution in [1.82, 2.24) is 4.98 Å². The highest BCUT2D eigenvalue weighted by molar-refractivity contribution is 6.01. The van der Waals surface area contributed by atoms with E-state index < -0.39 is 5.60 Å². The predicted molar refractivity (Wildman–Crippen MR) is 107 cm³/mol. The summed E-state index contributed by atoms with van der Waals surface area (Å²) in [6.45, 7) is 7.20. The molecular formula is C24H18N2O2. The Hall–Kier alpha value is -3.45. The minimum atomic E-state index is -0.600. The average Bonchev–Trinajstić information content (AvgIpc) is 2.74. The first kappa shape index (κ1) is 16.7. The zero-order valence-electron chi connectivity index (χ0n) is 15.3. The molecule has 1 atom stereocenters. The third kappa shape index (κ3) is 2.59. The number of aryl methyl sites for hydroxylation is 1. The molecule has 4 heteroatoms. The summed E-state index contributed by atoms with van der Waals surface area (Å²) in [6.07, 6.45) is 4.86. The molecule has 28 heavy (non-hydrogen) atoms. The fraction of sp³-hybridized carbons (Fsp3) is 0.208. The standard InChI is InChI=1S/C24H18N2O2/c1-25-18-6-2-5-16(13-18)17-9-10-23-19(14-17)22(27)15-24(28-23)11-3-8-21-20(24)7-4-12-26-21/h2,4-7,9-10,12-14H,3,8,11,15H2. The molecule has 2 aromatic carbocycles. The Balaban J connectivity index is 1.56. The van der Waals surface area contributed by atoms with Crippen molar-refractivity contribution in [1.29, 1.82) is 0 Å². The zero-order chi connectivity index (χ0) is 19.1. The summed E-state index contributed by atoms with van der Waals surface area (Å²) in [5, 5.41) is 0. The van der Waals surface area contributed by atoms with Gasteiger partial charge in [-0.3, -0.25) is 9.78 Å². The number of pyridine rings is 1. The maximum Gasteiger partial charge on any atom is 0.187 e. The van der Waals surface area contributed by atoms with Gasteiger partial charge >= 0.3 is 0 Å². The molecule has 1 spiro atoms. The van der Waals surface area contributed by atoms with Gasteiger partial charge in [0.2, 0.25) is 0 Å². The van der Waals surface area contributed by atoms with E-state index >= 15 is 0 Å². The van der Waals surface area contributed by atoms with Crippen LogP contribution in [-0.4, -0.2) is 10.8 Å². The molecule has 2 aliphatic rings. The van der Waals surface area contributed by atoms with Gasteiger partial charge in [0.05, 0.1) is 18.6 Å². The van der Waals surface area contributed by atoms with E-state index in [2.05, 4.69) is 9.83 Å². The summed E-state index contributed by atoms with van der Waals surface area (Å²) in [7, 11) is 0. The minimum Gasteiger partial charge on any atom is -0.481 e. The molecule has 0 amide bonds. The average molecular weight is 366 g/mol. The Labute approximate surface area is 163 Å². The SMILES string of the molecule is [C-]#[N+]c1cccc(-c2ccc3c(c2)C(=O)CC2(CCCc4ncccc42)O3)c1. The molecule has 0 saturated heterocycles. The molecule has 1 aliphatic heterocycles. The van der Waals surface area contributed by atoms with Gasteiger partial charge in [0, 0.05) is 17.5 Å². The van der Waals surface area contributed by atoms with Gasteiger partial charge in [-0.2, -0.15) is 0 Å². The maximum absolute atomic E-state index is 13.1. The monoisotopic (exact) mass is 366 g/mol. The molecule has 0 bridgehead atoms. The Kier molecular flexibility index (Phi) is 3.77.